The molecule has 3 heteroatoms. The van der Waals surface area contributed by atoms with Crippen LogP contribution in [0.15, 0.2) is 0 Å². The van der Waals surface area contributed by atoms with E-state index in [1.807, 2.05) is 6.92 Å². The Bertz CT molecular complexity index is 164. The molecule has 1 aliphatic heterocycles. The van der Waals surface area contributed by atoms with Gasteiger partial charge in [0.1, 0.15) is 5.60 Å². The zero-order valence-corrected chi connectivity index (χ0v) is 7.58. The monoisotopic (exact) mass is 171 g/mol. The zero-order valence-electron chi connectivity index (χ0n) is 7.58. The summed E-state index contributed by atoms with van der Waals surface area (Å²) in [4.78, 5) is 0. The van der Waals surface area contributed by atoms with E-state index in [1.54, 1.807) is 0 Å². The van der Waals surface area contributed by atoms with Gasteiger partial charge in [-0.05, 0) is 26.2 Å². The van der Waals surface area contributed by atoms with Crippen molar-refractivity contribution in [1.29, 1.82) is 0 Å². The Morgan fingerprint density at radius 1 is 1.67 bits per heavy atom. The first-order valence-electron chi connectivity index (χ1n) is 4.81. The average Bonchev–Trinajstić information content (AvgIpc) is 2.55. The van der Waals surface area contributed by atoms with Gasteiger partial charge < -0.3 is 15.2 Å². The van der Waals surface area contributed by atoms with Crippen molar-refractivity contribution < 1.29 is 9.47 Å². The van der Waals surface area contributed by atoms with Crippen LogP contribution in [-0.4, -0.2) is 31.0 Å². The van der Waals surface area contributed by atoms with Crippen molar-refractivity contribution in [2.24, 2.45) is 5.73 Å². The molecule has 3 atom stereocenters. The maximum Gasteiger partial charge on any atom is 0.109 e. The topological polar surface area (TPSA) is 44.5 Å². The average molecular weight is 171 g/mol. The van der Waals surface area contributed by atoms with E-state index >= 15 is 0 Å². The van der Waals surface area contributed by atoms with Crippen molar-refractivity contribution in [3.8, 4) is 0 Å². The minimum atomic E-state index is -0.101. The van der Waals surface area contributed by atoms with Crippen LogP contribution >= 0.6 is 0 Å². The highest BCUT2D eigenvalue weighted by Gasteiger charge is 2.56. The highest BCUT2D eigenvalue weighted by atomic mass is 16.6. The minimum Gasteiger partial charge on any atom is -0.375 e. The fraction of sp³-hybridized carbons (Fsp3) is 1.00. The van der Waals surface area contributed by atoms with Gasteiger partial charge in [0.15, 0.2) is 0 Å². The van der Waals surface area contributed by atoms with Crippen LogP contribution in [-0.2, 0) is 9.47 Å². The van der Waals surface area contributed by atoms with Crippen LogP contribution in [0.3, 0.4) is 0 Å². The number of hydrogen-bond acceptors (Lipinski definition) is 3. The van der Waals surface area contributed by atoms with Gasteiger partial charge >= 0.3 is 0 Å². The standard InChI is InChI=1S/C9H17NO2/c1-2-11-8-6-7(10)9(8)4-3-5-12-9/h7-8H,2-6,10H2,1H3/t7-,8+,9+/m0/s1. The Labute approximate surface area is 73.2 Å². The maximum absolute atomic E-state index is 5.93. The molecule has 0 aromatic rings. The third kappa shape index (κ3) is 1.00. The fourth-order valence-electron chi connectivity index (χ4n) is 2.35. The van der Waals surface area contributed by atoms with Gasteiger partial charge in [0.25, 0.3) is 0 Å². The van der Waals surface area contributed by atoms with Crippen molar-refractivity contribution >= 4 is 0 Å². The molecule has 1 heterocycles. The van der Waals surface area contributed by atoms with Crippen LogP contribution in [0.4, 0.5) is 0 Å². The van der Waals surface area contributed by atoms with Gasteiger partial charge in [-0.25, -0.2) is 0 Å². The molecule has 3 nitrogen and oxygen atoms in total. The van der Waals surface area contributed by atoms with E-state index in [2.05, 4.69) is 0 Å². The van der Waals surface area contributed by atoms with E-state index in [9.17, 15) is 0 Å². The SMILES string of the molecule is CCO[C@@H]1C[C@H](N)[C@]12CCCO2. The molecule has 0 unspecified atom stereocenters. The molecule has 0 radical (unpaired) electrons. The van der Waals surface area contributed by atoms with E-state index in [0.29, 0.717) is 0 Å². The van der Waals surface area contributed by atoms with Crippen molar-refractivity contribution in [3.63, 3.8) is 0 Å². The Morgan fingerprint density at radius 2 is 2.50 bits per heavy atom. The largest absolute Gasteiger partial charge is 0.375 e. The van der Waals surface area contributed by atoms with Crippen LogP contribution in [0.2, 0.25) is 0 Å². The molecule has 2 N–H and O–H groups in total. The quantitative estimate of drug-likeness (QED) is 0.664. The number of ether oxygens (including phenoxy) is 2. The normalized spacial score (nSPS) is 46.5. The molecule has 1 saturated heterocycles. The Morgan fingerprint density at radius 3 is 3.00 bits per heavy atom. The molecule has 1 aliphatic carbocycles. The molecule has 1 saturated carbocycles. The van der Waals surface area contributed by atoms with Crippen LogP contribution in [0.25, 0.3) is 0 Å². The predicted octanol–water partition coefficient (Wildman–Crippen LogP) is 0.672. The summed E-state index contributed by atoms with van der Waals surface area (Å²) in [5.74, 6) is 0. The van der Waals surface area contributed by atoms with Gasteiger partial charge in [-0.15, -0.1) is 0 Å². The van der Waals surface area contributed by atoms with Crippen molar-refractivity contribution in [2.75, 3.05) is 13.2 Å². The predicted molar refractivity (Wildman–Crippen MR) is 45.9 cm³/mol. The minimum absolute atomic E-state index is 0.101. The second kappa shape index (κ2) is 2.98. The number of rotatable bonds is 2. The van der Waals surface area contributed by atoms with E-state index in [4.69, 9.17) is 15.2 Å². The summed E-state index contributed by atoms with van der Waals surface area (Å²) in [5.41, 5.74) is 5.83. The fourth-order valence-corrected chi connectivity index (χ4v) is 2.35. The van der Waals surface area contributed by atoms with E-state index in [1.165, 1.54) is 0 Å². The smallest absolute Gasteiger partial charge is 0.109 e. The van der Waals surface area contributed by atoms with Crippen LogP contribution in [0.5, 0.6) is 0 Å². The first-order valence-corrected chi connectivity index (χ1v) is 4.81. The molecule has 2 rings (SSSR count). The number of hydrogen-bond donors (Lipinski definition) is 1. The van der Waals surface area contributed by atoms with Gasteiger partial charge in [0, 0.05) is 19.3 Å². The zero-order chi connectivity index (χ0) is 8.60. The molecule has 1 spiro atoms. The first kappa shape index (κ1) is 8.48. The van der Waals surface area contributed by atoms with Crippen LogP contribution in [0, 0.1) is 0 Å². The van der Waals surface area contributed by atoms with Crippen molar-refractivity contribution in [2.45, 2.75) is 43.9 Å². The second-order valence-corrected chi connectivity index (χ2v) is 3.69. The molecule has 0 aromatic carbocycles. The summed E-state index contributed by atoms with van der Waals surface area (Å²) < 4.78 is 11.3. The highest BCUT2D eigenvalue weighted by Crippen LogP contribution is 2.44. The molecule has 12 heavy (non-hydrogen) atoms. The molecular formula is C9H17NO2. The Balaban J connectivity index is 2.00. The van der Waals surface area contributed by atoms with Gasteiger partial charge in [0.2, 0.25) is 0 Å². The summed E-state index contributed by atoms with van der Waals surface area (Å²) in [6.07, 6.45) is 3.45. The third-order valence-electron chi connectivity index (χ3n) is 3.09. The molecule has 2 aliphatic rings. The number of nitrogens with two attached hydrogens (primary N) is 1. The lowest BCUT2D eigenvalue weighted by Gasteiger charge is -2.50. The third-order valence-corrected chi connectivity index (χ3v) is 3.09. The van der Waals surface area contributed by atoms with E-state index < -0.39 is 0 Å². The van der Waals surface area contributed by atoms with E-state index in [0.717, 1.165) is 32.5 Å². The van der Waals surface area contributed by atoms with Crippen molar-refractivity contribution in [3.05, 3.63) is 0 Å². The molecular weight excluding hydrogens is 154 g/mol. The summed E-state index contributed by atoms with van der Waals surface area (Å²) in [5, 5.41) is 0. The van der Waals surface area contributed by atoms with Gasteiger partial charge in [0.05, 0.1) is 6.10 Å². The van der Waals surface area contributed by atoms with E-state index in [-0.39, 0.29) is 17.7 Å². The van der Waals surface area contributed by atoms with Gasteiger partial charge in [-0.3, -0.25) is 0 Å². The lowest BCUT2D eigenvalue weighted by Crippen LogP contribution is -2.67. The summed E-state index contributed by atoms with van der Waals surface area (Å²) in [6, 6.07) is 0.205. The van der Waals surface area contributed by atoms with Gasteiger partial charge in [-0.2, -0.15) is 0 Å². The lowest BCUT2D eigenvalue weighted by atomic mass is 9.70. The summed E-state index contributed by atoms with van der Waals surface area (Å²) >= 11 is 0. The van der Waals surface area contributed by atoms with Crippen molar-refractivity contribution in [1.82, 2.24) is 0 Å². The Kier molecular flexibility index (Phi) is 2.10. The lowest BCUT2D eigenvalue weighted by molar-refractivity contribution is -0.189. The maximum atomic E-state index is 5.93. The van der Waals surface area contributed by atoms with Crippen LogP contribution in [0.1, 0.15) is 26.2 Å². The Hall–Kier alpha value is -0.120. The van der Waals surface area contributed by atoms with Crippen LogP contribution < -0.4 is 5.73 Å². The first-order chi connectivity index (χ1) is 5.79. The molecule has 0 bridgehead atoms. The molecule has 0 aromatic heterocycles. The molecule has 0 amide bonds. The highest BCUT2D eigenvalue weighted by molar-refractivity contribution is 5.11. The second-order valence-electron chi connectivity index (χ2n) is 3.69. The molecule has 70 valence electrons. The van der Waals surface area contributed by atoms with Gasteiger partial charge in [-0.1, -0.05) is 0 Å². The molecule has 2 fully saturated rings. The summed E-state index contributed by atoms with van der Waals surface area (Å²) in [7, 11) is 0. The summed E-state index contributed by atoms with van der Waals surface area (Å²) in [6.45, 7) is 3.65.